The normalized spacial score (nSPS) is 15.9. The first-order valence-electron chi connectivity index (χ1n) is 12.8. The molecule has 1 fully saturated rings. The molecule has 0 unspecified atom stereocenters. The lowest BCUT2D eigenvalue weighted by molar-refractivity contribution is 0.182. The zero-order valence-corrected chi connectivity index (χ0v) is 22.9. The minimum absolute atomic E-state index is 0.281. The van der Waals surface area contributed by atoms with Crippen LogP contribution in [0.5, 0.6) is 0 Å². The zero-order chi connectivity index (χ0) is 26.5. The van der Waals surface area contributed by atoms with Crippen molar-refractivity contribution in [3.63, 3.8) is 0 Å². The van der Waals surface area contributed by atoms with Gasteiger partial charge in [0.05, 0.1) is 6.54 Å². The Labute approximate surface area is 232 Å². The average molecular weight is 573 g/mol. The molecule has 0 radical (unpaired) electrons. The second-order valence-electron chi connectivity index (χ2n) is 9.44. The van der Waals surface area contributed by atoms with E-state index < -0.39 is 0 Å². The first-order valence-corrected chi connectivity index (χ1v) is 13.6. The van der Waals surface area contributed by atoms with Gasteiger partial charge >= 0.3 is 0 Å². The molecule has 1 aliphatic heterocycles. The van der Waals surface area contributed by atoms with Gasteiger partial charge in [0.1, 0.15) is 5.82 Å². The first kappa shape index (κ1) is 25.9. The van der Waals surface area contributed by atoms with Gasteiger partial charge in [-0.2, -0.15) is 5.10 Å². The fourth-order valence-electron chi connectivity index (χ4n) is 4.74. The fourth-order valence-corrected chi connectivity index (χ4v) is 5.06. The van der Waals surface area contributed by atoms with Gasteiger partial charge in [-0.05, 0) is 54.8 Å². The molecule has 7 heteroatoms. The Balaban J connectivity index is 1.33. The molecule has 194 valence electrons. The van der Waals surface area contributed by atoms with Crippen molar-refractivity contribution in [3.05, 3.63) is 113 Å². The molecule has 1 aromatic heterocycles. The predicted octanol–water partition coefficient (Wildman–Crippen LogP) is 7.04. The van der Waals surface area contributed by atoms with Crippen LogP contribution in [-0.2, 0) is 6.54 Å². The Hall–Kier alpha value is -3.71. The Morgan fingerprint density at radius 3 is 2.39 bits per heavy atom. The van der Waals surface area contributed by atoms with E-state index >= 15 is 0 Å². The summed E-state index contributed by atoms with van der Waals surface area (Å²) in [4.78, 5) is 9.67. The quantitative estimate of drug-likeness (QED) is 0.305. The highest BCUT2D eigenvalue weighted by Crippen LogP contribution is 2.26. The summed E-state index contributed by atoms with van der Waals surface area (Å²) in [6.07, 6.45) is 12.6. The maximum absolute atomic E-state index is 13.5. The monoisotopic (exact) mass is 571 g/mol. The first-order chi connectivity index (χ1) is 18.5. The number of nitrogens with zero attached hydrogens (tertiary/aromatic N) is 5. The molecule has 0 spiro atoms. The van der Waals surface area contributed by atoms with Crippen molar-refractivity contribution in [2.75, 3.05) is 26.2 Å². The van der Waals surface area contributed by atoms with Crippen molar-refractivity contribution in [1.82, 2.24) is 24.6 Å². The van der Waals surface area contributed by atoms with Crippen LogP contribution in [0.15, 0.2) is 102 Å². The number of hydrogen-bond donors (Lipinski definition) is 0. The van der Waals surface area contributed by atoms with Crippen LogP contribution in [0.3, 0.4) is 0 Å². The molecular formula is C31H31BrFN5. The summed E-state index contributed by atoms with van der Waals surface area (Å²) < 4.78 is 16.5. The van der Waals surface area contributed by atoms with Gasteiger partial charge < -0.3 is 9.80 Å². The number of rotatable bonds is 7. The largest absolute Gasteiger partial charge is 0.371 e. The number of benzene rings is 2. The van der Waals surface area contributed by atoms with E-state index in [1.807, 2.05) is 35.0 Å². The van der Waals surface area contributed by atoms with E-state index in [0.29, 0.717) is 12.4 Å². The summed E-state index contributed by atoms with van der Waals surface area (Å²) in [6.45, 7) is 12.5. The van der Waals surface area contributed by atoms with Crippen LogP contribution < -0.4 is 0 Å². The molecule has 0 N–H and O–H groups in total. The van der Waals surface area contributed by atoms with Crippen molar-refractivity contribution in [2.24, 2.45) is 0 Å². The molecule has 2 aliphatic rings. The molecule has 1 saturated heterocycles. The van der Waals surface area contributed by atoms with E-state index in [4.69, 9.17) is 10.1 Å². The maximum atomic E-state index is 13.5. The van der Waals surface area contributed by atoms with Crippen LogP contribution in [0.25, 0.3) is 28.9 Å². The van der Waals surface area contributed by atoms with Gasteiger partial charge in [0.2, 0.25) is 0 Å². The Kier molecular flexibility index (Phi) is 8.03. The third kappa shape index (κ3) is 6.05. The molecule has 38 heavy (non-hydrogen) atoms. The SMILES string of the molecule is C=Cc1ccc(-c2nc(-c3ccc(F)cc3)nn2CC(=C)N2CCN(C3=CC=C(Br)C=CCC3)CC2)cc1. The summed E-state index contributed by atoms with van der Waals surface area (Å²) >= 11 is 3.59. The van der Waals surface area contributed by atoms with Crippen molar-refractivity contribution in [3.8, 4) is 22.8 Å². The molecule has 0 saturated carbocycles. The van der Waals surface area contributed by atoms with E-state index in [-0.39, 0.29) is 5.82 Å². The molecule has 3 aromatic rings. The molecule has 5 rings (SSSR count). The molecule has 0 atom stereocenters. The number of allylic oxidation sites excluding steroid dienone is 7. The van der Waals surface area contributed by atoms with Crippen LogP contribution in [0, 0.1) is 5.82 Å². The average Bonchev–Trinajstić information content (AvgIpc) is 3.35. The van der Waals surface area contributed by atoms with Crippen LogP contribution in [-0.4, -0.2) is 50.7 Å². The Morgan fingerprint density at radius 1 is 0.974 bits per heavy atom. The van der Waals surface area contributed by atoms with Gasteiger partial charge in [-0.3, -0.25) is 0 Å². The van der Waals surface area contributed by atoms with E-state index in [2.05, 4.69) is 63.2 Å². The van der Waals surface area contributed by atoms with Gasteiger partial charge in [-0.15, -0.1) is 0 Å². The highest BCUT2D eigenvalue weighted by molar-refractivity contribution is 9.11. The predicted molar refractivity (Wildman–Crippen MR) is 157 cm³/mol. The van der Waals surface area contributed by atoms with Crippen LogP contribution in [0.1, 0.15) is 18.4 Å². The van der Waals surface area contributed by atoms with E-state index in [1.54, 1.807) is 12.1 Å². The van der Waals surface area contributed by atoms with Crippen molar-refractivity contribution in [1.29, 1.82) is 0 Å². The molecular weight excluding hydrogens is 541 g/mol. The van der Waals surface area contributed by atoms with Gasteiger partial charge in [0, 0.05) is 53.2 Å². The lowest BCUT2D eigenvalue weighted by Gasteiger charge is -2.39. The van der Waals surface area contributed by atoms with Crippen molar-refractivity contribution >= 4 is 22.0 Å². The van der Waals surface area contributed by atoms with Crippen molar-refractivity contribution < 1.29 is 4.39 Å². The molecule has 0 bridgehead atoms. The lowest BCUT2D eigenvalue weighted by atomic mass is 10.1. The van der Waals surface area contributed by atoms with Crippen molar-refractivity contribution in [2.45, 2.75) is 19.4 Å². The van der Waals surface area contributed by atoms with E-state index in [0.717, 1.165) is 71.7 Å². The number of halogens is 2. The third-order valence-electron chi connectivity index (χ3n) is 6.92. The second kappa shape index (κ2) is 11.8. The lowest BCUT2D eigenvalue weighted by Crippen LogP contribution is -2.45. The van der Waals surface area contributed by atoms with Crippen LogP contribution in [0.4, 0.5) is 4.39 Å². The highest BCUT2D eigenvalue weighted by Gasteiger charge is 2.21. The molecule has 0 amide bonds. The summed E-state index contributed by atoms with van der Waals surface area (Å²) in [5, 5.41) is 4.82. The van der Waals surface area contributed by atoms with Gasteiger partial charge in [-0.1, -0.05) is 71.6 Å². The smallest absolute Gasteiger partial charge is 0.181 e. The third-order valence-corrected chi connectivity index (χ3v) is 7.45. The minimum Gasteiger partial charge on any atom is -0.371 e. The molecule has 5 nitrogen and oxygen atoms in total. The summed E-state index contributed by atoms with van der Waals surface area (Å²) in [5.41, 5.74) is 5.15. The Morgan fingerprint density at radius 2 is 1.68 bits per heavy atom. The molecule has 1 aliphatic carbocycles. The van der Waals surface area contributed by atoms with E-state index in [9.17, 15) is 4.39 Å². The second-order valence-corrected chi connectivity index (χ2v) is 10.4. The fraction of sp³-hybridized carbons (Fsp3) is 0.226. The Bertz CT molecular complexity index is 1390. The number of aromatic nitrogens is 3. The van der Waals surface area contributed by atoms with Crippen LogP contribution in [0.2, 0.25) is 0 Å². The summed E-state index contributed by atoms with van der Waals surface area (Å²) in [5.74, 6) is 1.04. The number of piperazine rings is 1. The minimum atomic E-state index is -0.281. The van der Waals surface area contributed by atoms with E-state index in [1.165, 1.54) is 17.8 Å². The summed E-state index contributed by atoms with van der Waals surface area (Å²) in [7, 11) is 0. The molecule has 2 aromatic carbocycles. The zero-order valence-electron chi connectivity index (χ0n) is 21.4. The van der Waals surface area contributed by atoms with Gasteiger partial charge in [0.15, 0.2) is 11.6 Å². The number of hydrogen-bond acceptors (Lipinski definition) is 4. The maximum Gasteiger partial charge on any atom is 0.181 e. The highest BCUT2D eigenvalue weighted by atomic mass is 79.9. The topological polar surface area (TPSA) is 37.2 Å². The van der Waals surface area contributed by atoms with Gasteiger partial charge in [0.25, 0.3) is 0 Å². The van der Waals surface area contributed by atoms with Gasteiger partial charge in [-0.25, -0.2) is 14.1 Å². The molecule has 2 heterocycles. The summed E-state index contributed by atoms with van der Waals surface area (Å²) in [6, 6.07) is 14.4. The standard InChI is InChI=1S/C31H31BrFN5/c1-3-24-8-10-26(11-9-24)31-34-30(25-12-15-28(33)16-13-25)35-38(31)22-23(2)36-18-20-37(21-19-36)29-7-5-4-6-27(32)14-17-29/h3-4,6,8-17H,1-2,5,7,18-22H2. The van der Waals surface area contributed by atoms with Crippen LogP contribution >= 0.6 is 15.9 Å².